The van der Waals surface area contributed by atoms with E-state index in [1.54, 1.807) is 6.07 Å². The van der Waals surface area contributed by atoms with E-state index in [9.17, 15) is 4.39 Å². The van der Waals surface area contributed by atoms with E-state index >= 15 is 0 Å². The van der Waals surface area contributed by atoms with Gasteiger partial charge in [0, 0.05) is 24.1 Å². The molecule has 1 fully saturated rings. The molecule has 0 amide bonds. The zero-order chi connectivity index (χ0) is 18.4. The van der Waals surface area contributed by atoms with Crippen LogP contribution in [0.15, 0.2) is 53.5 Å². The number of benzene rings is 2. The molecule has 0 heterocycles. The molecule has 1 aliphatic rings. The van der Waals surface area contributed by atoms with Crippen LogP contribution in [0.2, 0.25) is 0 Å². The Balaban J connectivity index is 0.00000261. The fourth-order valence-electron chi connectivity index (χ4n) is 3.03. The zero-order valence-corrected chi connectivity index (χ0v) is 17.7. The van der Waals surface area contributed by atoms with Crippen LogP contribution in [0.4, 0.5) is 4.39 Å². The second-order valence-electron chi connectivity index (χ2n) is 6.61. The number of nitrogens with zero attached hydrogens (tertiary/aromatic N) is 2. The molecular weight excluding hydrogens is 454 g/mol. The number of guanidine groups is 1. The van der Waals surface area contributed by atoms with Gasteiger partial charge in [-0.15, -0.1) is 24.0 Å². The van der Waals surface area contributed by atoms with E-state index in [0.717, 1.165) is 25.9 Å². The summed E-state index contributed by atoms with van der Waals surface area (Å²) in [6, 6.07) is 16.9. The smallest absolute Gasteiger partial charge is 0.191 e. The van der Waals surface area contributed by atoms with Crippen LogP contribution in [0, 0.1) is 17.1 Å². The van der Waals surface area contributed by atoms with Crippen molar-refractivity contribution < 1.29 is 4.39 Å². The van der Waals surface area contributed by atoms with Crippen molar-refractivity contribution in [1.82, 2.24) is 10.6 Å². The maximum Gasteiger partial charge on any atom is 0.191 e. The SMILES string of the molecule is CCNC(=NCc1cc(C#N)ccc1F)NCC1(c2ccccc2)CC1.I. The van der Waals surface area contributed by atoms with Crippen molar-refractivity contribution in [2.75, 3.05) is 13.1 Å². The van der Waals surface area contributed by atoms with E-state index in [1.807, 2.05) is 19.1 Å². The Labute approximate surface area is 176 Å². The Kier molecular flexibility index (Phi) is 7.60. The number of hydrogen-bond acceptors (Lipinski definition) is 2. The van der Waals surface area contributed by atoms with E-state index in [4.69, 9.17) is 5.26 Å². The molecule has 0 unspecified atom stereocenters. The highest BCUT2D eigenvalue weighted by Crippen LogP contribution is 2.47. The molecule has 6 heteroatoms. The maximum absolute atomic E-state index is 13.9. The highest BCUT2D eigenvalue weighted by molar-refractivity contribution is 14.0. The largest absolute Gasteiger partial charge is 0.357 e. The summed E-state index contributed by atoms with van der Waals surface area (Å²) in [7, 11) is 0. The van der Waals surface area contributed by atoms with Gasteiger partial charge in [0.1, 0.15) is 5.82 Å². The number of aliphatic imine (C=N–C) groups is 1. The van der Waals surface area contributed by atoms with Gasteiger partial charge < -0.3 is 10.6 Å². The second kappa shape index (κ2) is 9.70. The summed E-state index contributed by atoms with van der Waals surface area (Å²) >= 11 is 0. The van der Waals surface area contributed by atoms with Crippen LogP contribution < -0.4 is 10.6 Å². The van der Waals surface area contributed by atoms with Gasteiger partial charge in [-0.05, 0) is 43.5 Å². The van der Waals surface area contributed by atoms with Gasteiger partial charge in [-0.25, -0.2) is 9.38 Å². The Morgan fingerprint density at radius 1 is 1.19 bits per heavy atom. The van der Waals surface area contributed by atoms with Crippen molar-refractivity contribution in [3.63, 3.8) is 0 Å². The van der Waals surface area contributed by atoms with Gasteiger partial charge in [-0.3, -0.25) is 0 Å². The van der Waals surface area contributed by atoms with E-state index in [0.29, 0.717) is 17.1 Å². The molecule has 3 rings (SSSR count). The fourth-order valence-corrected chi connectivity index (χ4v) is 3.03. The molecule has 2 N–H and O–H groups in total. The first kappa shape index (κ1) is 21.2. The van der Waals surface area contributed by atoms with Crippen LogP contribution in [-0.4, -0.2) is 19.0 Å². The normalized spacial score (nSPS) is 14.6. The summed E-state index contributed by atoms with van der Waals surface area (Å²) in [5.41, 5.74) is 2.38. The average molecular weight is 478 g/mol. The molecule has 0 saturated heterocycles. The minimum absolute atomic E-state index is 0. The molecule has 2 aromatic carbocycles. The summed E-state index contributed by atoms with van der Waals surface area (Å²) < 4.78 is 13.9. The van der Waals surface area contributed by atoms with Crippen molar-refractivity contribution in [2.45, 2.75) is 31.7 Å². The molecule has 0 atom stereocenters. The van der Waals surface area contributed by atoms with Crippen molar-refractivity contribution in [3.8, 4) is 6.07 Å². The van der Waals surface area contributed by atoms with Crippen molar-refractivity contribution in [1.29, 1.82) is 5.26 Å². The summed E-state index contributed by atoms with van der Waals surface area (Å²) in [5.74, 6) is 0.322. The number of hydrogen-bond donors (Lipinski definition) is 2. The number of halogens is 2. The Bertz CT molecular complexity index is 826. The molecule has 1 aliphatic carbocycles. The molecule has 0 aliphatic heterocycles. The third-order valence-electron chi connectivity index (χ3n) is 4.76. The van der Waals surface area contributed by atoms with Gasteiger partial charge in [-0.1, -0.05) is 30.3 Å². The van der Waals surface area contributed by atoms with Gasteiger partial charge in [0.15, 0.2) is 5.96 Å². The number of nitrogens with one attached hydrogen (secondary N) is 2. The monoisotopic (exact) mass is 478 g/mol. The molecule has 142 valence electrons. The highest BCUT2D eigenvalue weighted by Gasteiger charge is 2.43. The molecule has 4 nitrogen and oxygen atoms in total. The van der Waals surface area contributed by atoms with Gasteiger partial charge in [-0.2, -0.15) is 5.26 Å². The summed E-state index contributed by atoms with van der Waals surface area (Å²) in [5, 5.41) is 15.6. The second-order valence-corrected chi connectivity index (χ2v) is 6.61. The maximum atomic E-state index is 13.9. The van der Waals surface area contributed by atoms with E-state index in [1.165, 1.54) is 17.7 Å². The third-order valence-corrected chi connectivity index (χ3v) is 4.76. The fraction of sp³-hybridized carbons (Fsp3) is 0.333. The van der Waals surface area contributed by atoms with Crippen LogP contribution >= 0.6 is 24.0 Å². The van der Waals surface area contributed by atoms with Gasteiger partial charge >= 0.3 is 0 Å². The minimum atomic E-state index is -0.341. The first-order valence-corrected chi connectivity index (χ1v) is 8.93. The molecule has 27 heavy (non-hydrogen) atoms. The van der Waals surface area contributed by atoms with Crippen LogP contribution in [0.5, 0.6) is 0 Å². The highest BCUT2D eigenvalue weighted by atomic mass is 127. The summed E-state index contributed by atoms with van der Waals surface area (Å²) in [6.07, 6.45) is 2.31. The predicted octanol–water partition coefficient (Wildman–Crippen LogP) is 4.10. The summed E-state index contributed by atoms with van der Waals surface area (Å²) in [6.45, 7) is 3.71. The van der Waals surface area contributed by atoms with Crippen molar-refractivity contribution in [3.05, 3.63) is 71.0 Å². The minimum Gasteiger partial charge on any atom is -0.357 e. The van der Waals surface area contributed by atoms with E-state index < -0.39 is 0 Å². The van der Waals surface area contributed by atoms with Crippen molar-refractivity contribution in [2.24, 2.45) is 4.99 Å². The van der Waals surface area contributed by atoms with E-state index in [-0.39, 0.29) is 41.8 Å². The van der Waals surface area contributed by atoms with Gasteiger partial charge in [0.25, 0.3) is 0 Å². The lowest BCUT2D eigenvalue weighted by atomic mass is 9.96. The quantitative estimate of drug-likeness (QED) is 0.374. The lowest BCUT2D eigenvalue weighted by Crippen LogP contribution is -2.41. The molecule has 1 saturated carbocycles. The summed E-state index contributed by atoms with van der Waals surface area (Å²) in [4.78, 5) is 4.49. The Hall–Kier alpha value is -2.14. The van der Waals surface area contributed by atoms with E-state index in [2.05, 4.69) is 39.9 Å². The van der Waals surface area contributed by atoms with Gasteiger partial charge in [0.2, 0.25) is 0 Å². The molecule has 0 spiro atoms. The Morgan fingerprint density at radius 2 is 1.93 bits per heavy atom. The molecule has 0 aromatic heterocycles. The first-order chi connectivity index (χ1) is 12.7. The predicted molar refractivity (Wildman–Crippen MR) is 117 cm³/mol. The van der Waals surface area contributed by atoms with Crippen LogP contribution in [0.3, 0.4) is 0 Å². The van der Waals surface area contributed by atoms with Gasteiger partial charge in [0.05, 0.1) is 18.2 Å². The zero-order valence-electron chi connectivity index (χ0n) is 15.3. The standard InChI is InChI=1S/C21H23FN4.HI/c1-2-24-20(25-14-17-12-16(13-23)8-9-19(17)22)26-15-21(10-11-21)18-6-4-3-5-7-18;/h3-9,12H,2,10-11,14-15H2,1H3,(H2,24,25,26);1H. The van der Waals surface area contributed by atoms with Crippen LogP contribution in [0.1, 0.15) is 36.5 Å². The average Bonchev–Trinajstić information content (AvgIpc) is 3.47. The molecular formula is C21H24FIN4. The first-order valence-electron chi connectivity index (χ1n) is 8.93. The lowest BCUT2D eigenvalue weighted by Gasteiger charge is -2.19. The molecule has 0 bridgehead atoms. The molecule has 0 radical (unpaired) electrons. The molecule has 2 aromatic rings. The van der Waals surface area contributed by atoms with Crippen molar-refractivity contribution >= 4 is 29.9 Å². The Morgan fingerprint density at radius 3 is 2.56 bits per heavy atom. The number of rotatable bonds is 6. The number of nitriles is 1. The lowest BCUT2D eigenvalue weighted by molar-refractivity contribution is 0.609. The van der Waals surface area contributed by atoms with Crippen LogP contribution in [-0.2, 0) is 12.0 Å². The third kappa shape index (κ3) is 5.42. The van der Waals surface area contributed by atoms with Crippen LogP contribution in [0.25, 0.3) is 0 Å². The topological polar surface area (TPSA) is 60.2 Å².